The normalized spacial score (nSPS) is 24.8. The van der Waals surface area contributed by atoms with Crippen molar-refractivity contribution < 1.29 is 24.2 Å². The van der Waals surface area contributed by atoms with E-state index in [0.717, 1.165) is 6.08 Å². The average Bonchev–Trinajstić information content (AvgIpc) is 2.58. The smallest absolute Gasteiger partial charge is 0.338 e. The summed E-state index contributed by atoms with van der Waals surface area (Å²) in [7, 11) is 1.22. The molecule has 1 aromatic carbocycles. The number of benzene rings is 1. The van der Waals surface area contributed by atoms with Gasteiger partial charge in [0.15, 0.2) is 0 Å². The van der Waals surface area contributed by atoms with E-state index in [0.29, 0.717) is 11.1 Å². The Morgan fingerprint density at radius 2 is 2.08 bits per heavy atom. The number of azide groups is 1. The zero-order chi connectivity index (χ0) is 17.5. The lowest BCUT2D eigenvalue weighted by Crippen LogP contribution is -2.40. The topological polar surface area (TPSA) is 122 Å². The highest BCUT2D eigenvalue weighted by atomic mass is 16.5. The van der Waals surface area contributed by atoms with Gasteiger partial charge >= 0.3 is 11.9 Å². The van der Waals surface area contributed by atoms with Crippen LogP contribution < -0.4 is 0 Å². The summed E-state index contributed by atoms with van der Waals surface area (Å²) in [6, 6.07) is 7.52. The molecule has 1 aliphatic rings. The Bertz CT molecular complexity index is 682. The molecule has 1 saturated carbocycles. The number of ether oxygens (including phenoxy) is 2. The zero-order valence-electron chi connectivity index (χ0n) is 13.0. The van der Waals surface area contributed by atoms with Gasteiger partial charge in [-0.2, -0.15) is 0 Å². The van der Waals surface area contributed by atoms with Gasteiger partial charge in [-0.3, -0.25) is 0 Å². The molecule has 8 nitrogen and oxygen atoms in total. The predicted octanol–water partition coefficient (Wildman–Crippen LogP) is 2.14. The lowest BCUT2D eigenvalue weighted by atomic mass is 9.85. The van der Waals surface area contributed by atoms with Crippen LogP contribution in [0.1, 0.15) is 23.2 Å². The minimum Gasteiger partial charge on any atom is -0.466 e. The van der Waals surface area contributed by atoms with Crippen molar-refractivity contribution in [2.75, 3.05) is 7.11 Å². The summed E-state index contributed by atoms with van der Waals surface area (Å²) >= 11 is 0. The third-order valence-corrected chi connectivity index (χ3v) is 3.65. The van der Waals surface area contributed by atoms with Gasteiger partial charge in [-0.1, -0.05) is 23.3 Å². The molecule has 1 unspecified atom stereocenters. The summed E-state index contributed by atoms with van der Waals surface area (Å²) in [5.41, 5.74) is 9.40. The molecule has 0 heterocycles. The number of methoxy groups -OCH3 is 1. The number of hydrogen-bond donors (Lipinski definition) is 1. The number of rotatable bonds is 4. The third kappa shape index (κ3) is 4.34. The minimum absolute atomic E-state index is 0.124. The molecular weight excluding hydrogens is 314 g/mol. The van der Waals surface area contributed by atoms with Crippen LogP contribution in [0.3, 0.4) is 0 Å². The standard InChI is InChI=1S/C16H17N3O5/c1-23-14(21)8-11-7-12(20)9-13(18-19-17)15(11)24-16(22)10-5-3-2-4-6-10/h2-6,8,12-13,15,20H,7,9H2,1H3/b11-8+/t12-,13?,15+/m0/s1. The monoisotopic (exact) mass is 331 g/mol. The fourth-order valence-corrected chi connectivity index (χ4v) is 2.56. The zero-order valence-corrected chi connectivity index (χ0v) is 13.0. The Labute approximate surface area is 138 Å². The molecular formula is C16H17N3O5. The summed E-state index contributed by atoms with van der Waals surface area (Å²) in [6.45, 7) is 0. The number of esters is 2. The highest BCUT2D eigenvalue weighted by Crippen LogP contribution is 2.30. The van der Waals surface area contributed by atoms with Crippen LogP contribution >= 0.6 is 0 Å². The van der Waals surface area contributed by atoms with Gasteiger partial charge in [0.25, 0.3) is 0 Å². The molecule has 0 spiro atoms. The first-order valence-electron chi connectivity index (χ1n) is 7.32. The van der Waals surface area contributed by atoms with E-state index in [1.54, 1.807) is 30.3 Å². The van der Waals surface area contributed by atoms with Gasteiger partial charge in [0.05, 0.1) is 24.8 Å². The van der Waals surface area contributed by atoms with E-state index in [9.17, 15) is 14.7 Å². The second-order valence-electron chi connectivity index (χ2n) is 5.30. The molecule has 0 aromatic heterocycles. The van der Waals surface area contributed by atoms with Crippen molar-refractivity contribution in [3.63, 3.8) is 0 Å². The first-order chi connectivity index (χ1) is 11.5. The van der Waals surface area contributed by atoms with Gasteiger partial charge in [-0.15, -0.1) is 0 Å². The van der Waals surface area contributed by atoms with Crippen LogP contribution in [0.15, 0.2) is 47.1 Å². The highest BCUT2D eigenvalue weighted by Gasteiger charge is 2.36. The lowest BCUT2D eigenvalue weighted by Gasteiger charge is -2.33. The molecule has 1 aliphatic carbocycles. The van der Waals surface area contributed by atoms with Gasteiger partial charge in [-0.25, -0.2) is 9.59 Å². The molecule has 2 rings (SSSR count). The molecule has 0 amide bonds. The van der Waals surface area contributed by atoms with Gasteiger partial charge in [0, 0.05) is 11.0 Å². The van der Waals surface area contributed by atoms with E-state index in [4.69, 9.17) is 10.3 Å². The Hall–Kier alpha value is -2.83. The fraction of sp³-hybridized carbons (Fsp3) is 0.375. The van der Waals surface area contributed by atoms with E-state index in [1.165, 1.54) is 7.11 Å². The number of carbonyl (C=O) groups is 2. The lowest BCUT2D eigenvalue weighted by molar-refractivity contribution is -0.135. The summed E-state index contributed by atoms with van der Waals surface area (Å²) in [5, 5.41) is 13.5. The van der Waals surface area contributed by atoms with Crippen LogP contribution in [-0.4, -0.2) is 42.4 Å². The summed E-state index contributed by atoms with van der Waals surface area (Å²) in [4.78, 5) is 26.5. The van der Waals surface area contributed by atoms with Crippen molar-refractivity contribution in [3.05, 3.63) is 58.0 Å². The van der Waals surface area contributed by atoms with Crippen molar-refractivity contribution in [2.24, 2.45) is 5.11 Å². The highest BCUT2D eigenvalue weighted by molar-refractivity contribution is 5.90. The molecule has 1 aromatic rings. The quantitative estimate of drug-likeness (QED) is 0.298. The summed E-state index contributed by atoms with van der Waals surface area (Å²) in [6.07, 6.45) is -0.320. The number of nitrogens with zero attached hydrogens (tertiary/aromatic N) is 3. The largest absolute Gasteiger partial charge is 0.466 e. The van der Waals surface area contributed by atoms with E-state index in [-0.39, 0.29) is 12.8 Å². The van der Waals surface area contributed by atoms with Crippen molar-refractivity contribution >= 4 is 11.9 Å². The van der Waals surface area contributed by atoms with Crippen molar-refractivity contribution in [2.45, 2.75) is 31.1 Å². The summed E-state index contributed by atoms with van der Waals surface area (Å²) in [5.74, 6) is -1.24. The SMILES string of the molecule is COC(=O)/C=C1\C[C@H](O)CC(N=[N+]=[N-])[C@@H]1OC(=O)c1ccccc1. The molecule has 8 heteroatoms. The molecule has 126 valence electrons. The third-order valence-electron chi connectivity index (χ3n) is 3.65. The number of carbonyl (C=O) groups excluding carboxylic acids is 2. The molecule has 0 saturated heterocycles. The minimum atomic E-state index is -0.934. The molecule has 0 aliphatic heterocycles. The predicted molar refractivity (Wildman–Crippen MR) is 83.9 cm³/mol. The molecule has 1 N–H and O–H groups in total. The van der Waals surface area contributed by atoms with Gasteiger partial charge in [0.1, 0.15) is 6.10 Å². The average molecular weight is 331 g/mol. The van der Waals surface area contributed by atoms with E-state index in [2.05, 4.69) is 14.8 Å². The first kappa shape index (κ1) is 17.5. The number of hydrogen-bond acceptors (Lipinski definition) is 6. The van der Waals surface area contributed by atoms with Crippen LogP contribution in [0, 0.1) is 0 Å². The first-order valence-corrected chi connectivity index (χ1v) is 7.32. The molecule has 0 bridgehead atoms. The number of aliphatic hydroxyl groups is 1. The number of aliphatic hydroxyl groups excluding tert-OH is 1. The Kier molecular flexibility index (Phi) is 5.95. The second-order valence-corrected chi connectivity index (χ2v) is 5.30. The van der Waals surface area contributed by atoms with Crippen LogP contribution in [0.4, 0.5) is 0 Å². The van der Waals surface area contributed by atoms with Gasteiger partial charge in [0.2, 0.25) is 0 Å². The van der Waals surface area contributed by atoms with E-state index in [1.807, 2.05) is 0 Å². The molecule has 1 fully saturated rings. The Morgan fingerprint density at radius 1 is 1.38 bits per heavy atom. The van der Waals surface area contributed by atoms with Crippen LogP contribution in [-0.2, 0) is 14.3 Å². The molecule has 3 atom stereocenters. The fourth-order valence-electron chi connectivity index (χ4n) is 2.56. The second kappa shape index (κ2) is 8.14. The van der Waals surface area contributed by atoms with Gasteiger partial charge < -0.3 is 14.6 Å². The van der Waals surface area contributed by atoms with Crippen LogP contribution in [0.5, 0.6) is 0 Å². The molecule has 0 radical (unpaired) electrons. The van der Waals surface area contributed by atoms with Gasteiger partial charge in [-0.05, 0) is 36.1 Å². The van der Waals surface area contributed by atoms with E-state index >= 15 is 0 Å². The van der Waals surface area contributed by atoms with Crippen molar-refractivity contribution in [1.29, 1.82) is 0 Å². The van der Waals surface area contributed by atoms with Crippen LogP contribution in [0.25, 0.3) is 10.4 Å². The van der Waals surface area contributed by atoms with Crippen molar-refractivity contribution in [1.82, 2.24) is 0 Å². The summed E-state index contributed by atoms with van der Waals surface area (Å²) < 4.78 is 10.0. The molecule has 24 heavy (non-hydrogen) atoms. The van der Waals surface area contributed by atoms with Crippen LogP contribution in [0.2, 0.25) is 0 Å². The maximum atomic E-state index is 12.3. The Balaban J connectivity index is 2.30. The maximum Gasteiger partial charge on any atom is 0.338 e. The van der Waals surface area contributed by atoms with E-state index < -0.39 is 30.2 Å². The Morgan fingerprint density at radius 3 is 2.71 bits per heavy atom. The van der Waals surface area contributed by atoms with Crippen molar-refractivity contribution in [3.8, 4) is 0 Å². The maximum absolute atomic E-state index is 12.3.